The Hall–Kier alpha value is -2.41. The van der Waals surface area contributed by atoms with E-state index in [-0.39, 0.29) is 22.3 Å². The van der Waals surface area contributed by atoms with E-state index in [0.29, 0.717) is 17.5 Å². The Morgan fingerprint density at radius 1 is 1.50 bits per heavy atom. The van der Waals surface area contributed by atoms with E-state index in [2.05, 4.69) is 5.10 Å². The molecule has 0 radical (unpaired) electrons. The van der Waals surface area contributed by atoms with Gasteiger partial charge in [0.2, 0.25) is 5.88 Å². The quantitative estimate of drug-likeness (QED) is 0.491. The lowest BCUT2D eigenvalue weighted by molar-refractivity contribution is -0.384. The SMILES string of the molecule is Cc1nn(C)c(Oc2ccc([N+](=O)[O-])cc2Cl)c1C=O. The van der Waals surface area contributed by atoms with Crippen molar-refractivity contribution in [2.75, 3.05) is 0 Å². The highest BCUT2D eigenvalue weighted by Gasteiger charge is 2.17. The van der Waals surface area contributed by atoms with Gasteiger partial charge in [0.15, 0.2) is 6.29 Å². The fraction of sp³-hybridized carbons (Fsp3) is 0.167. The molecule has 0 N–H and O–H groups in total. The highest BCUT2D eigenvalue weighted by Crippen LogP contribution is 2.33. The third-order valence-corrected chi connectivity index (χ3v) is 2.96. The predicted molar refractivity (Wildman–Crippen MR) is 71.5 cm³/mol. The molecule has 8 heteroatoms. The monoisotopic (exact) mass is 295 g/mol. The van der Waals surface area contributed by atoms with Crippen LogP contribution < -0.4 is 4.74 Å². The molecule has 0 bridgehead atoms. The second-order valence-corrected chi connectivity index (χ2v) is 4.43. The number of hydrogen-bond acceptors (Lipinski definition) is 5. The number of benzene rings is 1. The largest absolute Gasteiger partial charge is 0.437 e. The van der Waals surface area contributed by atoms with Gasteiger partial charge in [-0.3, -0.25) is 14.9 Å². The Labute approximate surface area is 118 Å². The van der Waals surface area contributed by atoms with Gasteiger partial charge in [0, 0.05) is 19.2 Å². The molecule has 1 aromatic carbocycles. The van der Waals surface area contributed by atoms with Gasteiger partial charge in [-0.05, 0) is 13.0 Å². The van der Waals surface area contributed by atoms with E-state index in [1.807, 2.05) is 0 Å². The van der Waals surface area contributed by atoms with Crippen molar-refractivity contribution in [3.63, 3.8) is 0 Å². The first-order valence-electron chi connectivity index (χ1n) is 5.54. The molecule has 0 amide bonds. The van der Waals surface area contributed by atoms with Gasteiger partial charge in [-0.25, -0.2) is 4.68 Å². The fourth-order valence-electron chi connectivity index (χ4n) is 1.70. The summed E-state index contributed by atoms with van der Waals surface area (Å²) in [5.41, 5.74) is 0.691. The van der Waals surface area contributed by atoms with Crippen molar-refractivity contribution in [1.82, 2.24) is 9.78 Å². The maximum Gasteiger partial charge on any atom is 0.271 e. The van der Waals surface area contributed by atoms with Gasteiger partial charge in [-0.2, -0.15) is 5.10 Å². The maximum absolute atomic E-state index is 11.0. The molecule has 0 saturated heterocycles. The molecule has 2 rings (SSSR count). The average molecular weight is 296 g/mol. The first-order valence-corrected chi connectivity index (χ1v) is 5.92. The van der Waals surface area contributed by atoms with E-state index in [1.165, 1.54) is 22.9 Å². The van der Waals surface area contributed by atoms with Gasteiger partial charge < -0.3 is 4.74 Å². The molecule has 0 saturated carbocycles. The van der Waals surface area contributed by atoms with Crippen LogP contribution in [0.15, 0.2) is 18.2 Å². The number of nitro benzene ring substituents is 1. The predicted octanol–water partition coefficient (Wildman–Crippen LogP) is 2.89. The second kappa shape index (κ2) is 5.30. The van der Waals surface area contributed by atoms with Crippen LogP contribution in [0.3, 0.4) is 0 Å². The number of nitro groups is 1. The van der Waals surface area contributed by atoms with E-state index in [4.69, 9.17) is 16.3 Å². The van der Waals surface area contributed by atoms with Gasteiger partial charge in [0.25, 0.3) is 5.69 Å². The van der Waals surface area contributed by atoms with Crippen LogP contribution in [0, 0.1) is 17.0 Å². The van der Waals surface area contributed by atoms with Crippen molar-refractivity contribution in [3.8, 4) is 11.6 Å². The average Bonchev–Trinajstić information content (AvgIpc) is 2.65. The molecule has 1 heterocycles. The molecular weight excluding hydrogens is 286 g/mol. The number of hydrogen-bond donors (Lipinski definition) is 0. The van der Waals surface area contributed by atoms with E-state index in [9.17, 15) is 14.9 Å². The minimum absolute atomic E-state index is 0.0786. The molecule has 0 aliphatic rings. The van der Waals surface area contributed by atoms with E-state index < -0.39 is 4.92 Å². The van der Waals surface area contributed by atoms with Gasteiger partial charge in [-0.1, -0.05) is 11.6 Å². The van der Waals surface area contributed by atoms with Crippen LogP contribution in [-0.4, -0.2) is 21.0 Å². The zero-order valence-corrected chi connectivity index (χ0v) is 11.4. The van der Waals surface area contributed by atoms with Crippen LogP contribution in [0.25, 0.3) is 0 Å². The van der Waals surface area contributed by atoms with Crippen molar-refractivity contribution in [2.45, 2.75) is 6.92 Å². The van der Waals surface area contributed by atoms with E-state index in [0.717, 1.165) is 0 Å². The van der Waals surface area contributed by atoms with Crippen molar-refractivity contribution in [1.29, 1.82) is 0 Å². The Kier molecular flexibility index (Phi) is 3.71. The Morgan fingerprint density at radius 3 is 2.75 bits per heavy atom. The number of carbonyl (C=O) groups excluding carboxylic acids is 1. The number of rotatable bonds is 4. The molecule has 0 spiro atoms. The molecule has 7 nitrogen and oxygen atoms in total. The van der Waals surface area contributed by atoms with Crippen LogP contribution in [-0.2, 0) is 7.05 Å². The maximum atomic E-state index is 11.0. The minimum Gasteiger partial charge on any atom is -0.437 e. The molecule has 0 aliphatic carbocycles. The number of non-ortho nitro benzene ring substituents is 1. The number of ether oxygens (including phenoxy) is 1. The number of aromatic nitrogens is 2. The Bertz CT molecular complexity index is 696. The fourth-order valence-corrected chi connectivity index (χ4v) is 1.91. The molecule has 20 heavy (non-hydrogen) atoms. The zero-order valence-electron chi connectivity index (χ0n) is 10.7. The first kappa shape index (κ1) is 14.0. The molecule has 0 atom stereocenters. The molecule has 2 aromatic rings. The standard InChI is InChI=1S/C12H10ClN3O4/c1-7-9(6-17)12(15(2)14-7)20-11-4-3-8(16(18)19)5-10(11)13/h3-6H,1-2H3. The number of halogens is 1. The lowest BCUT2D eigenvalue weighted by Gasteiger charge is -2.08. The summed E-state index contributed by atoms with van der Waals surface area (Å²) in [5, 5.41) is 14.8. The smallest absolute Gasteiger partial charge is 0.271 e. The number of aldehydes is 1. The number of nitrogens with zero attached hydrogens (tertiary/aromatic N) is 3. The topological polar surface area (TPSA) is 87.3 Å². The summed E-state index contributed by atoms with van der Waals surface area (Å²) >= 11 is 5.93. The minimum atomic E-state index is -0.555. The summed E-state index contributed by atoms with van der Waals surface area (Å²) in [5.74, 6) is 0.441. The van der Waals surface area contributed by atoms with Crippen molar-refractivity contribution in [3.05, 3.63) is 44.6 Å². The number of aryl methyl sites for hydroxylation is 2. The summed E-state index contributed by atoms with van der Waals surface area (Å²) < 4.78 is 6.93. The molecule has 0 fully saturated rings. The van der Waals surface area contributed by atoms with Crippen LogP contribution in [0.2, 0.25) is 5.02 Å². The zero-order chi connectivity index (χ0) is 14.9. The normalized spacial score (nSPS) is 10.3. The summed E-state index contributed by atoms with van der Waals surface area (Å²) in [6.07, 6.45) is 0.636. The third-order valence-electron chi connectivity index (χ3n) is 2.66. The van der Waals surface area contributed by atoms with Crippen molar-refractivity contribution < 1.29 is 14.5 Å². The first-order chi connectivity index (χ1) is 9.43. The summed E-state index contributed by atoms with van der Waals surface area (Å²) in [6.45, 7) is 1.67. The summed E-state index contributed by atoms with van der Waals surface area (Å²) in [4.78, 5) is 21.1. The van der Waals surface area contributed by atoms with Crippen LogP contribution in [0.4, 0.5) is 5.69 Å². The third kappa shape index (κ3) is 2.48. The summed E-state index contributed by atoms with van der Waals surface area (Å²) in [7, 11) is 1.62. The highest BCUT2D eigenvalue weighted by atomic mass is 35.5. The number of carbonyl (C=O) groups is 1. The van der Waals surface area contributed by atoms with E-state index in [1.54, 1.807) is 14.0 Å². The second-order valence-electron chi connectivity index (χ2n) is 4.02. The molecular formula is C12H10ClN3O4. The Morgan fingerprint density at radius 2 is 2.20 bits per heavy atom. The van der Waals surface area contributed by atoms with Gasteiger partial charge >= 0.3 is 0 Å². The van der Waals surface area contributed by atoms with Crippen molar-refractivity contribution >= 4 is 23.6 Å². The van der Waals surface area contributed by atoms with Gasteiger partial charge in [0.05, 0.1) is 21.2 Å². The van der Waals surface area contributed by atoms with Crippen LogP contribution >= 0.6 is 11.6 Å². The van der Waals surface area contributed by atoms with Crippen molar-refractivity contribution in [2.24, 2.45) is 7.05 Å². The molecule has 0 unspecified atom stereocenters. The molecule has 0 aliphatic heterocycles. The highest BCUT2D eigenvalue weighted by molar-refractivity contribution is 6.32. The van der Waals surface area contributed by atoms with Crippen LogP contribution in [0.5, 0.6) is 11.6 Å². The summed E-state index contributed by atoms with van der Waals surface area (Å²) in [6, 6.07) is 3.82. The van der Waals surface area contributed by atoms with E-state index >= 15 is 0 Å². The van der Waals surface area contributed by atoms with Gasteiger partial charge in [0.1, 0.15) is 5.75 Å². The molecule has 104 valence electrons. The Balaban J connectivity index is 2.40. The lowest BCUT2D eigenvalue weighted by atomic mass is 10.3. The van der Waals surface area contributed by atoms with Gasteiger partial charge in [-0.15, -0.1) is 0 Å². The van der Waals surface area contributed by atoms with Crippen LogP contribution in [0.1, 0.15) is 16.1 Å². The lowest BCUT2D eigenvalue weighted by Crippen LogP contribution is -1.97. The molecule has 1 aromatic heterocycles.